The van der Waals surface area contributed by atoms with Gasteiger partial charge in [-0.1, -0.05) is 6.92 Å². The van der Waals surface area contributed by atoms with Crippen LogP contribution in [0.1, 0.15) is 56.1 Å². The molecule has 2 N–H and O–H groups in total. The lowest BCUT2D eigenvalue weighted by molar-refractivity contribution is -0.129. The van der Waals surface area contributed by atoms with E-state index < -0.39 is 11.6 Å². The number of ketones is 1. The van der Waals surface area contributed by atoms with Crippen LogP contribution in [0.15, 0.2) is 6.07 Å². The fraction of sp³-hybridized carbons (Fsp3) is 0.611. The fourth-order valence-electron chi connectivity index (χ4n) is 5.43. The van der Waals surface area contributed by atoms with Crippen LogP contribution >= 0.6 is 0 Å². The summed E-state index contributed by atoms with van der Waals surface area (Å²) in [4.78, 5) is 12.3. The van der Waals surface area contributed by atoms with Gasteiger partial charge in [0.2, 0.25) is 0 Å². The zero-order valence-electron chi connectivity index (χ0n) is 12.7. The van der Waals surface area contributed by atoms with Crippen molar-refractivity contribution in [3.8, 4) is 11.5 Å². The first-order chi connectivity index (χ1) is 10.4. The molecule has 1 aromatic carbocycles. The van der Waals surface area contributed by atoms with Gasteiger partial charge in [-0.15, -0.1) is 0 Å². The maximum atomic E-state index is 14.2. The summed E-state index contributed by atoms with van der Waals surface area (Å²) >= 11 is 0. The van der Waals surface area contributed by atoms with Crippen LogP contribution < -0.4 is 0 Å². The molecule has 22 heavy (non-hydrogen) atoms. The van der Waals surface area contributed by atoms with Crippen LogP contribution in [0.25, 0.3) is 0 Å². The Labute approximate surface area is 129 Å². The molecule has 3 aliphatic rings. The van der Waals surface area contributed by atoms with Crippen molar-refractivity contribution < 1.29 is 19.4 Å². The molecule has 0 amide bonds. The van der Waals surface area contributed by atoms with Crippen molar-refractivity contribution in [3.63, 3.8) is 0 Å². The molecule has 3 nitrogen and oxygen atoms in total. The van der Waals surface area contributed by atoms with Crippen LogP contribution in [-0.2, 0) is 11.2 Å². The third-order valence-corrected chi connectivity index (χ3v) is 6.63. The van der Waals surface area contributed by atoms with E-state index in [-0.39, 0.29) is 17.1 Å². The summed E-state index contributed by atoms with van der Waals surface area (Å²) in [5.41, 5.74) is 1.21. The van der Waals surface area contributed by atoms with Crippen molar-refractivity contribution in [2.75, 3.05) is 0 Å². The lowest BCUT2D eigenvalue weighted by atomic mass is 9.55. The topological polar surface area (TPSA) is 57.5 Å². The number of phenols is 2. The number of carbonyl (C=O) groups is 1. The Hall–Kier alpha value is -1.58. The van der Waals surface area contributed by atoms with E-state index in [1.54, 1.807) is 6.07 Å². The second kappa shape index (κ2) is 4.46. The minimum atomic E-state index is -0.663. The summed E-state index contributed by atoms with van der Waals surface area (Å²) < 4.78 is 14.2. The highest BCUT2D eigenvalue weighted by Crippen LogP contribution is 2.60. The summed E-state index contributed by atoms with van der Waals surface area (Å²) in [6, 6.07) is 1.55. The Kier molecular flexibility index (Phi) is 2.85. The molecule has 3 aliphatic carbocycles. The molecule has 0 unspecified atom stereocenters. The largest absolute Gasteiger partial charge is 0.504 e. The smallest absolute Gasteiger partial charge is 0.194 e. The molecule has 2 fully saturated rings. The minimum absolute atomic E-state index is 0.198. The quantitative estimate of drug-likeness (QED) is 0.719. The number of phenolic OH excluding ortho intramolecular Hbond substituents is 2. The number of benzene rings is 1. The average molecular weight is 304 g/mol. The first-order valence-corrected chi connectivity index (χ1v) is 8.20. The molecule has 4 heteroatoms. The average Bonchev–Trinajstić information content (AvgIpc) is 2.80. The molecule has 0 aliphatic heterocycles. The van der Waals surface area contributed by atoms with Crippen molar-refractivity contribution in [1.29, 1.82) is 0 Å². The molecule has 4 rings (SSSR count). The van der Waals surface area contributed by atoms with E-state index >= 15 is 0 Å². The Morgan fingerprint density at radius 3 is 2.77 bits per heavy atom. The maximum Gasteiger partial charge on any atom is 0.194 e. The number of hydrogen-bond acceptors (Lipinski definition) is 3. The van der Waals surface area contributed by atoms with Gasteiger partial charge >= 0.3 is 0 Å². The van der Waals surface area contributed by atoms with E-state index in [4.69, 9.17) is 0 Å². The van der Waals surface area contributed by atoms with Crippen LogP contribution in [0.3, 0.4) is 0 Å². The van der Waals surface area contributed by atoms with Gasteiger partial charge in [0.1, 0.15) is 5.78 Å². The van der Waals surface area contributed by atoms with Gasteiger partial charge < -0.3 is 10.2 Å². The van der Waals surface area contributed by atoms with Crippen molar-refractivity contribution in [2.45, 2.75) is 51.4 Å². The normalized spacial score (nSPS) is 36.6. The molecule has 0 aromatic heterocycles. The third-order valence-electron chi connectivity index (χ3n) is 6.63. The molecule has 0 spiro atoms. The molecular formula is C18H21FO3. The maximum absolute atomic E-state index is 14.2. The van der Waals surface area contributed by atoms with E-state index in [2.05, 4.69) is 6.92 Å². The van der Waals surface area contributed by atoms with Crippen molar-refractivity contribution in [3.05, 3.63) is 23.0 Å². The number of rotatable bonds is 0. The summed E-state index contributed by atoms with van der Waals surface area (Å²) in [6.45, 7) is 2.10. The lowest BCUT2D eigenvalue weighted by Crippen LogP contribution is -2.42. The van der Waals surface area contributed by atoms with Gasteiger partial charge in [-0.3, -0.25) is 4.79 Å². The predicted molar refractivity (Wildman–Crippen MR) is 79.4 cm³/mol. The van der Waals surface area contributed by atoms with E-state index in [0.29, 0.717) is 36.0 Å². The standard InChI is InChI=1S/C18H21FO3/c1-18-7-6-9-10(13(18)4-5-15(18)21)2-3-11-12(9)8-14(20)17(22)16(11)19/h8-10,13,20,22H,2-7H2,1H3/t9-,10+,13-,18-/m0/s1. The summed E-state index contributed by atoms with van der Waals surface area (Å²) in [7, 11) is 0. The molecule has 0 heterocycles. The molecule has 1 aromatic rings. The highest BCUT2D eigenvalue weighted by molar-refractivity contribution is 5.87. The van der Waals surface area contributed by atoms with Crippen LogP contribution in [0, 0.1) is 23.1 Å². The lowest BCUT2D eigenvalue weighted by Gasteiger charge is -2.48. The Balaban J connectivity index is 1.78. The van der Waals surface area contributed by atoms with Gasteiger partial charge in [-0.05, 0) is 67.1 Å². The summed E-state index contributed by atoms with van der Waals surface area (Å²) in [5, 5.41) is 19.4. The molecule has 4 atom stereocenters. The Morgan fingerprint density at radius 1 is 1.23 bits per heavy atom. The summed E-state index contributed by atoms with van der Waals surface area (Å²) in [5.74, 6) is -0.298. The van der Waals surface area contributed by atoms with E-state index in [1.807, 2.05) is 0 Å². The van der Waals surface area contributed by atoms with Gasteiger partial charge in [-0.2, -0.15) is 0 Å². The zero-order valence-corrected chi connectivity index (χ0v) is 12.7. The second-order valence-corrected chi connectivity index (χ2v) is 7.46. The van der Waals surface area contributed by atoms with Gasteiger partial charge in [0.05, 0.1) is 0 Å². The number of carbonyl (C=O) groups excluding carboxylic acids is 1. The van der Waals surface area contributed by atoms with Crippen molar-refractivity contribution in [2.24, 2.45) is 17.3 Å². The van der Waals surface area contributed by atoms with Crippen LogP contribution in [0.5, 0.6) is 11.5 Å². The minimum Gasteiger partial charge on any atom is -0.504 e. The van der Waals surface area contributed by atoms with Gasteiger partial charge in [0.25, 0.3) is 0 Å². The number of fused-ring (bicyclic) bond motifs is 5. The number of Topliss-reactive ketones (excluding diaryl/α,β-unsaturated/α-hetero) is 1. The molecule has 118 valence electrons. The third kappa shape index (κ3) is 1.64. The summed E-state index contributed by atoms with van der Waals surface area (Å²) in [6.07, 6.45) is 4.77. The van der Waals surface area contributed by atoms with Crippen molar-refractivity contribution >= 4 is 5.78 Å². The molecule has 0 bridgehead atoms. The first kappa shape index (κ1) is 14.0. The highest BCUT2D eigenvalue weighted by Gasteiger charge is 2.54. The monoisotopic (exact) mass is 304 g/mol. The first-order valence-electron chi connectivity index (χ1n) is 8.20. The SMILES string of the molecule is C[C@]12CC[C@@H]3c4cc(O)c(O)c(F)c4CC[C@H]3[C@@H]1CCC2=O. The number of aromatic hydroxyl groups is 2. The van der Waals surface area contributed by atoms with Gasteiger partial charge in [-0.25, -0.2) is 4.39 Å². The molecule has 0 saturated heterocycles. The second-order valence-electron chi connectivity index (χ2n) is 7.46. The number of hydrogen-bond donors (Lipinski definition) is 2. The van der Waals surface area contributed by atoms with E-state index in [0.717, 1.165) is 31.2 Å². The van der Waals surface area contributed by atoms with Crippen LogP contribution in [-0.4, -0.2) is 16.0 Å². The molecule has 0 radical (unpaired) electrons. The Bertz CT molecular complexity index is 669. The molecular weight excluding hydrogens is 283 g/mol. The van der Waals surface area contributed by atoms with E-state index in [1.165, 1.54) is 0 Å². The Morgan fingerprint density at radius 2 is 2.00 bits per heavy atom. The highest BCUT2D eigenvalue weighted by atomic mass is 19.1. The molecule has 2 saturated carbocycles. The zero-order chi connectivity index (χ0) is 15.6. The van der Waals surface area contributed by atoms with E-state index in [9.17, 15) is 19.4 Å². The van der Waals surface area contributed by atoms with Crippen LogP contribution in [0.4, 0.5) is 4.39 Å². The predicted octanol–water partition coefficient (Wildman–Crippen LogP) is 3.66. The number of halogens is 1. The van der Waals surface area contributed by atoms with Gasteiger partial charge in [0, 0.05) is 11.8 Å². The van der Waals surface area contributed by atoms with Crippen molar-refractivity contribution in [1.82, 2.24) is 0 Å². The van der Waals surface area contributed by atoms with Gasteiger partial charge in [0.15, 0.2) is 17.3 Å². The van der Waals surface area contributed by atoms with Crippen LogP contribution in [0.2, 0.25) is 0 Å². The fourth-order valence-corrected chi connectivity index (χ4v) is 5.43.